The van der Waals surface area contributed by atoms with Gasteiger partial charge >= 0.3 is 0 Å². The van der Waals surface area contributed by atoms with Crippen molar-refractivity contribution >= 4 is 22.2 Å². The molecule has 1 atom stereocenters. The van der Waals surface area contributed by atoms with Crippen LogP contribution in [0.25, 0.3) is 0 Å². The van der Waals surface area contributed by atoms with Gasteiger partial charge in [0.05, 0.1) is 9.79 Å². The summed E-state index contributed by atoms with van der Waals surface area (Å²) in [6.07, 6.45) is 1.11. The molecule has 0 spiro atoms. The number of phenolic OH excluding ortho intramolecular Hbond substituents is 1. The molecule has 0 aromatic heterocycles. The number of sulfone groups is 1. The molecule has 2 aromatic carbocycles. The molecule has 4 nitrogen and oxygen atoms in total. The van der Waals surface area contributed by atoms with Crippen molar-refractivity contribution in [3.8, 4) is 5.75 Å². The molecule has 1 saturated heterocycles. The highest BCUT2D eigenvalue weighted by molar-refractivity contribution is 7.91. The van der Waals surface area contributed by atoms with E-state index >= 15 is 0 Å². The molecule has 0 radical (unpaired) electrons. The van der Waals surface area contributed by atoms with Crippen molar-refractivity contribution in [1.29, 1.82) is 0 Å². The van der Waals surface area contributed by atoms with Gasteiger partial charge in [-0.25, -0.2) is 8.42 Å². The summed E-state index contributed by atoms with van der Waals surface area (Å²) in [5.41, 5.74) is 1.19. The zero-order valence-corrected chi connectivity index (χ0v) is 14.5. The smallest absolute Gasteiger partial charge is 0.206 e. The van der Waals surface area contributed by atoms with Crippen LogP contribution in [0, 0.1) is 0 Å². The average Bonchev–Trinajstić information content (AvgIpc) is 2.94. The van der Waals surface area contributed by atoms with Gasteiger partial charge in [0.2, 0.25) is 9.84 Å². The number of rotatable bonds is 3. The highest BCUT2D eigenvalue weighted by Crippen LogP contribution is 2.28. The molecular weight excluding hydrogens is 334 g/mol. The molecule has 1 aliphatic heterocycles. The first-order chi connectivity index (χ1) is 10.5. The third-order valence-corrected chi connectivity index (χ3v) is 5.99. The number of hydrogen-bond donors (Lipinski definition) is 1. The van der Waals surface area contributed by atoms with Crippen LogP contribution < -0.4 is 0 Å². The van der Waals surface area contributed by atoms with Crippen LogP contribution in [0.4, 0.5) is 0 Å². The van der Waals surface area contributed by atoms with Crippen LogP contribution in [0.5, 0.6) is 5.75 Å². The maximum atomic E-state index is 12.5. The molecule has 1 unspecified atom stereocenters. The van der Waals surface area contributed by atoms with Gasteiger partial charge in [-0.1, -0.05) is 12.1 Å². The zero-order chi connectivity index (χ0) is 15.7. The SMILES string of the molecule is CN1CCC(c2ccc(S(=O)(=O)c3ccc(O)cc3)cc2)C1.Cl. The zero-order valence-electron chi connectivity index (χ0n) is 12.8. The van der Waals surface area contributed by atoms with Gasteiger partial charge in [-0.15, -0.1) is 12.4 Å². The number of likely N-dealkylation sites (N-methyl/N-ethyl adjacent to an activating group) is 1. The van der Waals surface area contributed by atoms with Crippen molar-refractivity contribution < 1.29 is 13.5 Å². The highest BCUT2D eigenvalue weighted by Gasteiger charge is 2.22. The third-order valence-electron chi connectivity index (χ3n) is 4.20. The van der Waals surface area contributed by atoms with Gasteiger partial charge in [0.1, 0.15) is 5.75 Å². The largest absolute Gasteiger partial charge is 0.508 e. The van der Waals surface area contributed by atoms with Gasteiger partial charge in [0, 0.05) is 6.54 Å². The number of aromatic hydroxyl groups is 1. The predicted molar refractivity (Wildman–Crippen MR) is 92.1 cm³/mol. The second-order valence-electron chi connectivity index (χ2n) is 5.81. The minimum absolute atomic E-state index is 0. The van der Waals surface area contributed by atoms with Crippen molar-refractivity contribution in [2.24, 2.45) is 0 Å². The highest BCUT2D eigenvalue weighted by atomic mass is 35.5. The Kier molecular flexibility index (Phi) is 5.34. The molecule has 0 aliphatic carbocycles. The number of hydrogen-bond acceptors (Lipinski definition) is 4. The Morgan fingerprint density at radius 1 is 1.00 bits per heavy atom. The molecule has 2 aromatic rings. The fourth-order valence-electron chi connectivity index (χ4n) is 2.89. The normalized spacial score (nSPS) is 18.6. The average molecular weight is 354 g/mol. The maximum absolute atomic E-state index is 12.5. The van der Waals surface area contributed by atoms with E-state index < -0.39 is 9.84 Å². The summed E-state index contributed by atoms with van der Waals surface area (Å²) in [7, 11) is -1.43. The quantitative estimate of drug-likeness (QED) is 0.921. The van der Waals surface area contributed by atoms with Crippen LogP contribution in [0.2, 0.25) is 0 Å². The monoisotopic (exact) mass is 353 g/mol. The lowest BCUT2D eigenvalue weighted by atomic mass is 9.99. The standard InChI is InChI=1S/C17H19NO3S.ClH/c1-18-11-10-14(12-18)13-2-6-16(7-3-13)22(20,21)17-8-4-15(19)5-9-17;/h2-9,14,19H,10-12H2,1H3;1H. The summed E-state index contributed by atoms with van der Waals surface area (Å²) in [6.45, 7) is 2.10. The number of benzene rings is 2. The van der Waals surface area contributed by atoms with Crippen LogP contribution in [0.3, 0.4) is 0 Å². The molecular formula is C17H20ClNO3S. The van der Waals surface area contributed by atoms with Crippen molar-refractivity contribution in [1.82, 2.24) is 4.90 Å². The van der Waals surface area contributed by atoms with Gasteiger partial charge in [-0.05, 0) is 67.9 Å². The first kappa shape index (κ1) is 17.8. The van der Waals surface area contributed by atoms with Gasteiger partial charge in [-0.2, -0.15) is 0 Å². The third kappa shape index (κ3) is 3.68. The van der Waals surface area contributed by atoms with E-state index in [-0.39, 0.29) is 27.9 Å². The molecule has 1 fully saturated rings. The first-order valence-corrected chi connectivity index (χ1v) is 8.78. The van der Waals surface area contributed by atoms with E-state index in [2.05, 4.69) is 11.9 Å². The van der Waals surface area contributed by atoms with Crippen LogP contribution in [0.15, 0.2) is 58.3 Å². The summed E-state index contributed by atoms with van der Waals surface area (Å²) >= 11 is 0. The number of halogens is 1. The lowest BCUT2D eigenvalue weighted by Crippen LogP contribution is -2.13. The Balaban J connectivity index is 0.00000192. The van der Waals surface area contributed by atoms with E-state index in [4.69, 9.17) is 0 Å². The fourth-order valence-corrected chi connectivity index (χ4v) is 4.15. The fraction of sp³-hybridized carbons (Fsp3) is 0.294. The van der Waals surface area contributed by atoms with Crippen LogP contribution in [-0.2, 0) is 9.84 Å². The minimum Gasteiger partial charge on any atom is -0.508 e. The second-order valence-corrected chi connectivity index (χ2v) is 7.76. The van der Waals surface area contributed by atoms with Gasteiger partial charge in [0.25, 0.3) is 0 Å². The Morgan fingerprint density at radius 2 is 1.52 bits per heavy atom. The van der Waals surface area contributed by atoms with Crippen molar-refractivity contribution in [2.75, 3.05) is 20.1 Å². The van der Waals surface area contributed by atoms with Gasteiger partial charge in [-0.3, -0.25) is 0 Å². The van der Waals surface area contributed by atoms with Crippen molar-refractivity contribution in [3.05, 3.63) is 54.1 Å². The summed E-state index contributed by atoms with van der Waals surface area (Å²) in [5.74, 6) is 0.537. The van der Waals surface area contributed by atoms with Gasteiger partial charge < -0.3 is 10.0 Å². The Morgan fingerprint density at radius 3 is 2.00 bits per heavy atom. The minimum atomic E-state index is -3.53. The van der Waals surface area contributed by atoms with Crippen molar-refractivity contribution in [3.63, 3.8) is 0 Å². The molecule has 1 heterocycles. The topological polar surface area (TPSA) is 57.6 Å². The Labute approximate surface area is 143 Å². The number of phenols is 1. The number of likely N-dealkylation sites (tertiary alicyclic amines) is 1. The summed E-state index contributed by atoms with van der Waals surface area (Å²) < 4.78 is 25.1. The predicted octanol–water partition coefficient (Wildman–Crippen LogP) is 3.07. The Bertz CT molecular complexity index is 757. The van der Waals surface area contributed by atoms with Crippen LogP contribution in [-0.4, -0.2) is 38.6 Å². The van der Waals surface area contributed by atoms with E-state index in [0.717, 1.165) is 19.5 Å². The van der Waals surface area contributed by atoms with Gasteiger partial charge in [0.15, 0.2) is 0 Å². The molecule has 0 amide bonds. The molecule has 3 rings (SSSR count). The lowest BCUT2D eigenvalue weighted by Gasteiger charge is -2.12. The molecule has 0 saturated carbocycles. The van der Waals surface area contributed by atoms with Crippen molar-refractivity contribution in [2.45, 2.75) is 22.1 Å². The van der Waals surface area contributed by atoms with E-state index in [9.17, 15) is 13.5 Å². The lowest BCUT2D eigenvalue weighted by molar-refractivity contribution is 0.411. The molecule has 0 bridgehead atoms. The summed E-state index contributed by atoms with van der Waals surface area (Å²) in [6, 6.07) is 12.8. The molecule has 124 valence electrons. The molecule has 23 heavy (non-hydrogen) atoms. The molecule has 1 aliphatic rings. The molecule has 6 heteroatoms. The maximum Gasteiger partial charge on any atom is 0.206 e. The van der Waals surface area contributed by atoms with Crippen LogP contribution >= 0.6 is 12.4 Å². The van der Waals surface area contributed by atoms with E-state index in [0.29, 0.717) is 5.92 Å². The van der Waals surface area contributed by atoms with Crippen LogP contribution in [0.1, 0.15) is 17.9 Å². The summed E-state index contributed by atoms with van der Waals surface area (Å²) in [5, 5.41) is 9.27. The molecule has 1 N–H and O–H groups in total. The first-order valence-electron chi connectivity index (χ1n) is 7.29. The summed E-state index contributed by atoms with van der Waals surface area (Å²) in [4.78, 5) is 2.76. The van der Waals surface area contributed by atoms with E-state index in [1.165, 1.54) is 29.8 Å². The van der Waals surface area contributed by atoms with E-state index in [1.54, 1.807) is 12.1 Å². The van der Waals surface area contributed by atoms with E-state index in [1.807, 2.05) is 12.1 Å². The Hall–Kier alpha value is -1.56. The number of nitrogens with zero attached hydrogens (tertiary/aromatic N) is 1. The second kappa shape index (κ2) is 6.91.